The number of unbranched alkanes of at least 4 members (excludes halogenated alkanes) is 4. The molecule has 0 fully saturated rings. The Kier molecular flexibility index (Phi) is 21.7. The van der Waals surface area contributed by atoms with E-state index in [1.807, 2.05) is 12.1 Å². The fourth-order valence-electron chi connectivity index (χ4n) is 12.0. The fourth-order valence-corrected chi connectivity index (χ4v) is 34.2. The Labute approximate surface area is 444 Å². The van der Waals surface area contributed by atoms with Crippen LogP contribution in [-0.4, -0.2) is 16.1 Å². The Morgan fingerprint density at radius 1 is 0.412 bits per heavy atom. The molecule has 0 amide bonds. The number of thiophene rings is 4. The van der Waals surface area contributed by atoms with Crippen LogP contribution in [0.15, 0.2) is 31.8 Å². The topological polar surface area (TPSA) is 0 Å². The summed E-state index contributed by atoms with van der Waals surface area (Å²) in [6.45, 7) is 18.2. The van der Waals surface area contributed by atoms with Crippen molar-refractivity contribution < 1.29 is 17.6 Å². The summed E-state index contributed by atoms with van der Waals surface area (Å²) in [5.41, 5.74) is -1.10. The molecule has 0 bridgehead atoms. The molecule has 6 heterocycles. The van der Waals surface area contributed by atoms with Crippen molar-refractivity contribution >= 4 is 114 Å². The smallest absolute Gasteiger partial charge is 0.171 e. The molecular weight excluding hydrogens is 1090 g/mol. The monoisotopic (exact) mass is 1170 g/mol. The molecule has 2 aliphatic rings. The van der Waals surface area contributed by atoms with Crippen molar-refractivity contribution in [2.75, 3.05) is 0 Å². The van der Waals surface area contributed by atoms with Crippen LogP contribution in [0.25, 0.3) is 40.4 Å². The number of hydrogen-bond acceptors (Lipinski definition) is 4. The summed E-state index contributed by atoms with van der Waals surface area (Å²) in [7, 11) is -4.97. The Balaban J connectivity index is 0.00000432. The summed E-state index contributed by atoms with van der Waals surface area (Å²) in [6, 6.07) is 13.0. The lowest BCUT2D eigenvalue weighted by Crippen LogP contribution is -2.56. The molecule has 1 aromatic carbocycles. The van der Waals surface area contributed by atoms with Crippen LogP contribution in [0, 0.1) is 46.9 Å². The maximum atomic E-state index is 17.1. The number of rotatable bonds is 26. The Morgan fingerprint density at radius 3 is 0.912 bits per heavy atom. The van der Waals surface area contributed by atoms with Crippen LogP contribution in [0.5, 0.6) is 0 Å². The first kappa shape index (κ1) is 58.0. The standard InChI is InChI=1S/C54H72Br2F4S4Si2.2CH4/c1-9-17-21-33(13-5)29-65(30-34(14-6)22-18-10-2)39-25-37(61-51(39)53-41(65)27-43(55)63-53)45-47(57)49(59)46(50(60)48(45)58)38-26-40-52(62-38)54-42(28-44(56)64-54)66(40,31-35(15-7)23-19-11-3)32-36(16-8)24-20-12-4;;/h25-28,33-36H,9-24,29-32H2,1-8H3;2*1H4. The molecule has 4 aromatic heterocycles. The molecule has 378 valence electrons. The molecule has 0 nitrogen and oxygen atoms in total. The summed E-state index contributed by atoms with van der Waals surface area (Å²) in [4.78, 5) is 5.10. The van der Waals surface area contributed by atoms with Gasteiger partial charge in [0.25, 0.3) is 0 Å². The molecule has 68 heavy (non-hydrogen) atoms. The van der Waals surface area contributed by atoms with Crippen LogP contribution in [0.4, 0.5) is 17.6 Å². The van der Waals surface area contributed by atoms with E-state index in [2.05, 4.69) is 99.4 Å². The summed E-state index contributed by atoms with van der Waals surface area (Å²) < 4.78 is 70.7. The maximum absolute atomic E-state index is 17.1. The molecule has 0 spiro atoms. The molecule has 0 aliphatic carbocycles. The summed E-state index contributed by atoms with van der Waals surface area (Å²) in [5, 5.41) is 5.35. The van der Waals surface area contributed by atoms with Crippen molar-refractivity contribution in [3.8, 4) is 40.4 Å². The molecule has 0 N–H and O–H groups in total. The summed E-state index contributed by atoms with van der Waals surface area (Å²) in [6.07, 6.45) is 18.3. The van der Waals surface area contributed by atoms with Gasteiger partial charge in [0.1, 0.15) is 16.1 Å². The van der Waals surface area contributed by atoms with E-state index in [1.165, 1.54) is 105 Å². The van der Waals surface area contributed by atoms with E-state index in [0.717, 1.165) is 92.9 Å². The lowest BCUT2D eigenvalue weighted by Gasteiger charge is -2.35. The van der Waals surface area contributed by atoms with Gasteiger partial charge in [0, 0.05) is 29.3 Å². The van der Waals surface area contributed by atoms with Crippen LogP contribution >= 0.6 is 77.2 Å². The van der Waals surface area contributed by atoms with Crippen LogP contribution in [0.2, 0.25) is 24.2 Å². The summed E-state index contributed by atoms with van der Waals surface area (Å²) >= 11 is 13.8. The second-order valence-corrected chi connectivity index (χ2v) is 35.0. The minimum atomic E-state index is -2.48. The van der Waals surface area contributed by atoms with Gasteiger partial charge in [-0.25, -0.2) is 17.6 Å². The first-order chi connectivity index (χ1) is 31.8. The summed E-state index contributed by atoms with van der Waals surface area (Å²) in [5.74, 6) is -2.95. The van der Waals surface area contributed by atoms with Gasteiger partial charge in [0.15, 0.2) is 23.3 Å². The first-order valence-electron chi connectivity index (χ1n) is 25.5. The van der Waals surface area contributed by atoms with Crippen LogP contribution in [0.3, 0.4) is 0 Å². The molecule has 12 heteroatoms. The van der Waals surface area contributed by atoms with Gasteiger partial charge < -0.3 is 0 Å². The predicted octanol–water partition coefficient (Wildman–Crippen LogP) is 20.6. The normalized spacial score (nSPS) is 18.7. The number of hydrogen-bond donors (Lipinski definition) is 0. The quantitative estimate of drug-likeness (QED) is 0.0294. The third-order valence-electron chi connectivity index (χ3n) is 15.8. The zero-order chi connectivity index (χ0) is 47.5. The Hall–Kier alpha value is -0.866. The number of halogens is 6. The van der Waals surface area contributed by atoms with E-state index in [9.17, 15) is 0 Å². The molecule has 0 saturated heterocycles. The largest absolute Gasteiger partial charge is 0.203 e. The lowest BCUT2D eigenvalue weighted by atomic mass is 10.0. The third-order valence-corrected chi connectivity index (χ3v) is 33.3. The fraction of sp³-hybridized carbons (Fsp3) is 0.607. The van der Waals surface area contributed by atoms with Crippen molar-refractivity contribution in [3.63, 3.8) is 0 Å². The predicted molar refractivity (Wildman–Crippen MR) is 311 cm³/mol. The van der Waals surface area contributed by atoms with Gasteiger partial charge in [-0.15, -0.1) is 45.3 Å². The van der Waals surface area contributed by atoms with Crippen molar-refractivity contribution in [1.29, 1.82) is 0 Å². The van der Waals surface area contributed by atoms with Crippen molar-refractivity contribution in [2.45, 2.75) is 197 Å². The van der Waals surface area contributed by atoms with Crippen LogP contribution < -0.4 is 20.7 Å². The highest BCUT2D eigenvalue weighted by Crippen LogP contribution is 2.52. The highest BCUT2D eigenvalue weighted by atomic mass is 79.9. The van der Waals surface area contributed by atoms with Gasteiger partial charge in [0.2, 0.25) is 0 Å². The molecule has 0 radical (unpaired) electrons. The average Bonchev–Trinajstić information content (AvgIpc) is 4.17. The van der Waals surface area contributed by atoms with E-state index in [4.69, 9.17) is 0 Å². The second kappa shape index (κ2) is 25.4. The minimum Gasteiger partial charge on any atom is -0.203 e. The molecule has 2 aliphatic heterocycles. The Morgan fingerprint density at radius 2 is 0.662 bits per heavy atom. The maximum Gasteiger partial charge on any atom is 0.171 e. The number of benzene rings is 1. The zero-order valence-corrected chi connectivity index (χ0v) is 49.1. The van der Waals surface area contributed by atoms with E-state index >= 15 is 17.6 Å². The molecule has 7 rings (SSSR count). The first-order valence-corrected chi connectivity index (χ1v) is 35.2. The second-order valence-electron chi connectivity index (χ2n) is 19.9. The van der Waals surface area contributed by atoms with Gasteiger partial charge in [-0.1, -0.05) is 173 Å². The average molecular weight is 1170 g/mol. The zero-order valence-electron chi connectivity index (χ0n) is 40.7. The van der Waals surface area contributed by atoms with E-state index in [0.29, 0.717) is 33.4 Å². The van der Waals surface area contributed by atoms with Gasteiger partial charge in [0.05, 0.1) is 18.7 Å². The van der Waals surface area contributed by atoms with E-state index in [-0.39, 0.29) is 14.9 Å². The van der Waals surface area contributed by atoms with Crippen LogP contribution in [-0.2, 0) is 0 Å². The number of fused-ring (bicyclic) bond motifs is 6. The van der Waals surface area contributed by atoms with E-state index in [1.54, 1.807) is 22.7 Å². The van der Waals surface area contributed by atoms with Crippen molar-refractivity contribution in [3.05, 3.63) is 55.1 Å². The Bertz CT molecular complexity index is 2200. The third kappa shape index (κ3) is 11.1. The molecule has 4 unspecified atom stereocenters. The van der Waals surface area contributed by atoms with Crippen LogP contribution in [0.1, 0.15) is 173 Å². The van der Waals surface area contributed by atoms with Crippen molar-refractivity contribution in [2.24, 2.45) is 23.7 Å². The molecular formula is C56H80Br2F4S4Si2. The molecule has 0 saturated carbocycles. The van der Waals surface area contributed by atoms with Crippen molar-refractivity contribution in [1.82, 2.24) is 0 Å². The highest BCUT2D eigenvalue weighted by molar-refractivity contribution is 9.11. The van der Waals surface area contributed by atoms with Gasteiger partial charge in [-0.05, 0) is 125 Å². The minimum absolute atomic E-state index is 0. The van der Waals surface area contributed by atoms with Gasteiger partial charge in [-0.3, -0.25) is 0 Å². The highest BCUT2D eigenvalue weighted by Gasteiger charge is 2.52. The van der Waals surface area contributed by atoms with Gasteiger partial charge >= 0.3 is 0 Å². The molecule has 4 atom stereocenters. The lowest BCUT2D eigenvalue weighted by molar-refractivity contribution is 0.463. The van der Waals surface area contributed by atoms with Gasteiger partial charge in [-0.2, -0.15) is 0 Å². The SMILES string of the molecule is C.C.CCCCC(CC)C[Si]1(CC(CC)CCCC)c2cc(Br)sc2-c2sc(-c3c(F)c(F)c(-c4cc5c(s4)-c4sc(Br)cc4[Si]5(CC(CC)CCCC)CC(CC)CCCC)c(F)c3F)cc21. The van der Waals surface area contributed by atoms with E-state index < -0.39 is 50.5 Å². The molecule has 5 aromatic rings.